The molecule has 1 aromatic heterocycles. The molecule has 6 heteroatoms. The maximum absolute atomic E-state index is 13.0. The second kappa shape index (κ2) is 6.61. The van der Waals surface area contributed by atoms with Gasteiger partial charge in [0.05, 0.1) is 12.0 Å². The lowest BCUT2D eigenvalue weighted by molar-refractivity contribution is -0.143. The van der Waals surface area contributed by atoms with Crippen LogP contribution in [0.15, 0.2) is 47.1 Å². The number of imide groups is 1. The van der Waals surface area contributed by atoms with Crippen LogP contribution >= 0.6 is 0 Å². The molecule has 0 bridgehead atoms. The summed E-state index contributed by atoms with van der Waals surface area (Å²) in [6, 6.07) is 10.9. The minimum Gasteiger partial charge on any atom is -0.467 e. The summed E-state index contributed by atoms with van der Waals surface area (Å²) >= 11 is 0. The lowest BCUT2D eigenvalue weighted by atomic mass is 9.94. The number of benzene rings is 1. The van der Waals surface area contributed by atoms with Gasteiger partial charge >= 0.3 is 0 Å². The van der Waals surface area contributed by atoms with Gasteiger partial charge < -0.3 is 4.42 Å². The van der Waals surface area contributed by atoms with Crippen LogP contribution < -0.4 is 5.06 Å². The van der Waals surface area contributed by atoms with Crippen LogP contribution in [0.3, 0.4) is 0 Å². The molecule has 0 unspecified atom stereocenters. The second-order valence-electron chi connectivity index (χ2n) is 6.81. The molecule has 0 saturated carbocycles. The van der Waals surface area contributed by atoms with E-state index in [2.05, 4.69) is 0 Å². The Bertz CT molecular complexity index is 817. The first-order valence-corrected chi connectivity index (χ1v) is 9.03. The number of anilines is 1. The van der Waals surface area contributed by atoms with Crippen molar-refractivity contribution in [2.45, 2.75) is 38.8 Å². The van der Waals surface area contributed by atoms with Gasteiger partial charge in [0, 0.05) is 6.54 Å². The third-order valence-electron chi connectivity index (χ3n) is 5.13. The molecule has 0 N–H and O–H groups in total. The quantitative estimate of drug-likeness (QED) is 0.772. The molecular formula is C20H22N2O4. The van der Waals surface area contributed by atoms with Crippen molar-refractivity contribution in [1.29, 1.82) is 0 Å². The molecule has 6 nitrogen and oxygen atoms in total. The van der Waals surface area contributed by atoms with E-state index >= 15 is 0 Å². The number of hydrogen-bond acceptors (Lipinski definition) is 5. The number of carbonyl (C=O) groups is 2. The Morgan fingerprint density at radius 3 is 2.58 bits per heavy atom. The number of nitrogens with zero attached hydrogens (tertiary/aromatic N) is 2. The molecule has 0 aliphatic carbocycles. The molecule has 26 heavy (non-hydrogen) atoms. The molecule has 2 fully saturated rings. The highest BCUT2D eigenvalue weighted by Crippen LogP contribution is 2.47. The number of hydroxylamine groups is 1. The van der Waals surface area contributed by atoms with E-state index in [1.807, 2.05) is 44.2 Å². The van der Waals surface area contributed by atoms with E-state index in [-0.39, 0.29) is 11.8 Å². The first-order valence-electron chi connectivity index (χ1n) is 9.03. The van der Waals surface area contributed by atoms with E-state index < -0.39 is 18.1 Å². The fraction of sp³-hybridized carbons (Fsp3) is 0.400. The number of carbonyl (C=O) groups excluding carboxylic acids is 2. The zero-order valence-corrected chi connectivity index (χ0v) is 14.9. The van der Waals surface area contributed by atoms with Crippen LogP contribution in [0.4, 0.5) is 5.69 Å². The largest absolute Gasteiger partial charge is 0.467 e. The van der Waals surface area contributed by atoms with Crippen LogP contribution in [0.5, 0.6) is 0 Å². The average molecular weight is 354 g/mol. The molecule has 0 radical (unpaired) electrons. The first-order chi connectivity index (χ1) is 12.6. The van der Waals surface area contributed by atoms with Crippen LogP contribution in [0.2, 0.25) is 0 Å². The van der Waals surface area contributed by atoms with Gasteiger partial charge in [-0.1, -0.05) is 31.5 Å². The van der Waals surface area contributed by atoms with Crippen molar-refractivity contribution in [3.63, 3.8) is 0 Å². The number of hydrogen-bond donors (Lipinski definition) is 0. The predicted octanol–water partition coefficient (Wildman–Crippen LogP) is 3.23. The van der Waals surface area contributed by atoms with Gasteiger partial charge in [0.2, 0.25) is 5.91 Å². The van der Waals surface area contributed by atoms with Gasteiger partial charge in [0.1, 0.15) is 17.7 Å². The van der Waals surface area contributed by atoms with Crippen LogP contribution in [-0.2, 0) is 14.4 Å². The molecule has 136 valence electrons. The third-order valence-corrected chi connectivity index (χ3v) is 5.13. The van der Waals surface area contributed by atoms with E-state index in [9.17, 15) is 9.59 Å². The summed E-state index contributed by atoms with van der Waals surface area (Å²) in [6.07, 6.45) is 2.50. The molecule has 2 aromatic rings. The number of unbranched alkanes of at least 4 members (excludes halogenated alkanes) is 1. The Kier molecular flexibility index (Phi) is 4.28. The summed E-state index contributed by atoms with van der Waals surface area (Å²) in [5.41, 5.74) is 1.84. The molecular weight excluding hydrogens is 332 g/mol. The summed E-state index contributed by atoms with van der Waals surface area (Å²) in [5.74, 6) is -0.392. The summed E-state index contributed by atoms with van der Waals surface area (Å²) in [5, 5.41) is 1.68. The maximum Gasteiger partial charge on any atom is 0.262 e. The van der Waals surface area contributed by atoms with E-state index in [0.717, 1.165) is 24.1 Å². The Labute approximate surface area is 152 Å². The zero-order chi connectivity index (χ0) is 18.3. The fourth-order valence-electron chi connectivity index (χ4n) is 3.78. The minimum absolute atomic E-state index is 0.175. The van der Waals surface area contributed by atoms with Gasteiger partial charge in [-0.2, -0.15) is 0 Å². The Morgan fingerprint density at radius 2 is 1.88 bits per heavy atom. The molecule has 4 rings (SSSR count). The van der Waals surface area contributed by atoms with Gasteiger partial charge in [0.15, 0.2) is 6.10 Å². The highest BCUT2D eigenvalue weighted by molar-refractivity contribution is 6.07. The number of aryl methyl sites for hydroxylation is 1. The van der Waals surface area contributed by atoms with Crippen molar-refractivity contribution in [2.24, 2.45) is 5.92 Å². The SMILES string of the molecule is CCCCN1C(=O)[C@@H]2[C@H](ON(c3ccccc3C)[C@@H]2c2ccco2)C1=O. The van der Waals surface area contributed by atoms with Crippen LogP contribution in [0, 0.1) is 12.8 Å². The topological polar surface area (TPSA) is 63.0 Å². The fourth-order valence-corrected chi connectivity index (χ4v) is 3.78. The Balaban J connectivity index is 1.73. The molecule has 2 aliphatic heterocycles. The molecule has 2 amide bonds. The van der Waals surface area contributed by atoms with Crippen molar-refractivity contribution in [3.05, 3.63) is 54.0 Å². The number of likely N-dealkylation sites (tertiary alicyclic amines) is 1. The van der Waals surface area contributed by atoms with Crippen molar-refractivity contribution >= 4 is 17.5 Å². The summed E-state index contributed by atoms with van der Waals surface area (Å²) < 4.78 is 5.61. The number of fused-ring (bicyclic) bond motifs is 1. The normalized spacial score (nSPS) is 25.2. The number of rotatable bonds is 5. The third kappa shape index (κ3) is 2.52. The average Bonchev–Trinajstić information content (AvgIpc) is 3.33. The highest BCUT2D eigenvalue weighted by Gasteiger charge is 2.60. The monoisotopic (exact) mass is 354 g/mol. The standard InChI is InChI=1S/C20H22N2O4/c1-3-4-11-21-19(23)16-17(15-10-7-12-25-15)22(26-18(16)20(21)24)14-9-6-5-8-13(14)2/h5-10,12,16-18H,3-4,11H2,1-2H3/t16-,17+,18-/m0/s1. The van der Waals surface area contributed by atoms with Crippen molar-refractivity contribution in [1.82, 2.24) is 4.90 Å². The van der Waals surface area contributed by atoms with Gasteiger partial charge in [-0.05, 0) is 37.1 Å². The number of furan rings is 1. The van der Waals surface area contributed by atoms with Crippen molar-refractivity contribution < 1.29 is 18.8 Å². The number of amides is 2. The van der Waals surface area contributed by atoms with E-state index in [0.29, 0.717) is 12.3 Å². The van der Waals surface area contributed by atoms with Crippen molar-refractivity contribution in [3.8, 4) is 0 Å². The van der Waals surface area contributed by atoms with Gasteiger partial charge in [0.25, 0.3) is 5.91 Å². The van der Waals surface area contributed by atoms with Gasteiger partial charge in [-0.3, -0.25) is 19.3 Å². The highest BCUT2D eigenvalue weighted by atomic mass is 16.7. The molecule has 3 atom stereocenters. The van der Waals surface area contributed by atoms with Crippen LogP contribution in [-0.4, -0.2) is 29.4 Å². The summed E-state index contributed by atoms with van der Waals surface area (Å²) in [7, 11) is 0. The smallest absolute Gasteiger partial charge is 0.262 e. The molecule has 3 heterocycles. The predicted molar refractivity (Wildman–Crippen MR) is 95.1 cm³/mol. The van der Waals surface area contributed by atoms with Crippen molar-refractivity contribution in [2.75, 3.05) is 11.6 Å². The second-order valence-corrected chi connectivity index (χ2v) is 6.81. The van der Waals surface area contributed by atoms with E-state index in [4.69, 9.17) is 9.25 Å². The van der Waals surface area contributed by atoms with E-state index in [1.165, 1.54) is 4.90 Å². The molecule has 2 aliphatic rings. The Hall–Kier alpha value is -2.60. The van der Waals surface area contributed by atoms with Crippen LogP contribution in [0.1, 0.15) is 37.1 Å². The molecule has 0 spiro atoms. The summed E-state index contributed by atoms with van der Waals surface area (Å²) in [4.78, 5) is 33.2. The summed E-state index contributed by atoms with van der Waals surface area (Å²) in [6.45, 7) is 4.46. The van der Waals surface area contributed by atoms with Gasteiger partial charge in [-0.25, -0.2) is 5.06 Å². The van der Waals surface area contributed by atoms with E-state index in [1.54, 1.807) is 17.4 Å². The zero-order valence-electron chi connectivity index (χ0n) is 14.9. The lowest BCUT2D eigenvalue weighted by Gasteiger charge is -2.28. The molecule has 2 saturated heterocycles. The lowest BCUT2D eigenvalue weighted by Crippen LogP contribution is -2.37. The Morgan fingerprint density at radius 1 is 1.08 bits per heavy atom. The number of para-hydroxylation sites is 1. The first kappa shape index (κ1) is 16.8. The molecule has 1 aromatic carbocycles. The van der Waals surface area contributed by atoms with Crippen LogP contribution in [0.25, 0.3) is 0 Å². The minimum atomic E-state index is -0.797. The maximum atomic E-state index is 13.0. The van der Waals surface area contributed by atoms with Gasteiger partial charge in [-0.15, -0.1) is 0 Å².